The molecule has 0 spiro atoms. The molecule has 4 nitrogen and oxygen atoms in total. The van der Waals surface area contributed by atoms with Gasteiger partial charge >= 0.3 is 6.09 Å². The molecule has 1 atom stereocenters. The fourth-order valence-corrected chi connectivity index (χ4v) is 1.68. The second kappa shape index (κ2) is 9.66. The molecule has 116 valence electrons. The zero-order valence-electron chi connectivity index (χ0n) is 13.6. The first-order chi connectivity index (χ1) is 9.26. The van der Waals surface area contributed by atoms with Crippen LogP contribution in [-0.2, 0) is 4.74 Å². The summed E-state index contributed by atoms with van der Waals surface area (Å²) >= 11 is 0. The Morgan fingerprint density at radius 1 is 1.30 bits per heavy atom. The van der Waals surface area contributed by atoms with Gasteiger partial charge < -0.3 is 15.4 Å². The molecule has 0 radical (unpaired) electrons. The van der Waals surface area contributed by atoms with Crippen molar-refractivity contribution in [3.63, 3.8) is 0 Å². The molecular weight excluding hydrogens is 252 g/mol. The van der Waals surface area contributed by atoms with Crippen LogP contribution in [0, 0.1) is 24.2 Å². The van der Waals surface area contributed by atoms with E-state index in [0.29, 0.717) is 18.4 Å². The Balaban J connectivity index is 3.97. The van der Waals surface area contributed by atoms with E-state index in [2.05, 4.69) is 30.4 Å². The van der Waals surface area contributed by atoms with Crippen LogP contribution in [0.5, 0.6) is 0 Å². The van der Waals surface area contributed by atoms with Crippen LogP contribution in [0.1, 0.15) is 47.5 Å². The van der Waals surface area contributed by atoms with Crippen LogP contribution in [0.25, 0.3) is 0 Å². The average molecular weight is 282 g/mol. The molecule has 1 amide bonds. The Morgan fingerprint density at radius 3 is 2.45 bits per heavy atom. The number of unbranched alkanes of at least 4 members (excludes halogenated alkanes) is 1. The van der Waals surface area contributed by atoms with Crippen molar-refractivity contribution >= 4 is 6.09 Å². The molecule has 0 aromatic carbocycles. The summed E-state index contributed by atoms with van der Waals surface area (Å²) < 4.78 is 5.23. The summed E-state index contributed by atoms with van der Waals surface area (Å²) in [6.07, 6.45) is 6.65. The van der Waals surface area contributed by atoms with E-state index in [9.17, 15) is 4.79 Å². The first-order valence-corrected chi connectivity index (χ1v) is 7.37. The first kappa shape index (κ1) is 18.8. The number of rotatable bonds is 8. The van der Waals surface area contributed by atoms with E-state index >= 15 is 0 Å². The Hall–Kier alpha value is -1.21. The SMILES string of the molecule is C#CCCCNCC(CNC(=O)OC(C)(C)C)C(C)C. The quantitative estimate of drug-likeness (QED) is 0.531. The lowest BCUT2D eigenvalue weighted by Crippen LogP contribution is -2.39. The monoisotopic (exact) mass is 282 g/mol. The molecule has 0 heterocycles. The van der Waals surface area contributed by atoms with E-state index in [1.54, 1.807) is 0 Å². The molecule has 4 heteroatoms. The zero-order chi connectivity index (χ0) is 15.6. The molecule has 0 bridgehead atoms. The molecule has 0 aliphatic carbocycles. The van der Waals surface area contributed by atoms with Crippen molar-refractivity contribution in [1.29, 1.82) is 0 Å². The van der Waals surface area contributed by atoms with Gasteiger partial charge in [-0.3, -0.25) is 0 Å². The minimum Gasteiger partial charge on any atom is -0.444 e. The number of ether oxygens (including phenoxy) is 1. The van der Waals surface area contributed by atoms with E-state index in [1.165, 1.54) is 0 Å². The van der Waals surface area contributed by atoms with Crippen LogP contribution in [0.2, 0.25) is 0 Å². The third kappa shape index (κ3) is 10.7. The van der Waals surface area contributed by atoms with Crippen molar-refractivity contribution < 1.29 is 9.53 Å². The van der Waals surface area contributed by atoms with Gasteiger partial charge in [0, 0.05) is 13.0 Å². The standard InChI is InChI=1S/C16H30N2O2/c1-7-8-9-10-17-11-14(13(2)3)12-18-15(19)20-16(4,5)6/h1,13-14,17H,8-12H2,2-6H3,(H,18,19). The average Bonchev–Trinajstić information content (AvgIpc) is 2.29. The molecule has 0 aromatic heterocycles. The lowest BCUT2D eigenvalue weighted by Gasteiger charge is -2.24. The minimum atomic E-state index is -0.453. The Bertz CT molecular complexity index is 313. The van der Waals surface area contributed by atoms with Gasteiger partial charge in [0.2, 0.25) is 0 Å². The number of nitrogens with one attached hydrogen (secondary N) is 2. The summed E-state index contributed by atoms with van der Waals surface area (Å²) in [5, 5.41) is 6.23. The van der Waals surface area contributed by atoms with Gasteiger partial charge in [0.05, 0.1) is 0 Å². The lowest BCUT2D eigenvalue weighted by atomic mass is 9.96. The van der Waals surface area contributed by atoms with Gasteiger partial charge in [0.1, 0.15) is 5.60 Å². The molecule has 2 N–H and O–H groups in total. The highest BCUT2D eigenvalue weighted by atomic mass is 16.6. The molecule has 0 rings (SSSR count). The highest BCUT2D eigenvalue weighted by Gasteiger charge is 2.18. The van der Waals surface area contributed by atoms with Gasteiger partial charge in [-0.2, -0.15) is 0 Å². The molecular formula is C16H30N2O2. The maximum Gasteiger partial charge on any atom is 0.407 e. The first-order valence-electron chi connectivity index (χ1n) is 7.37. The molecule has 0 saturated carbocycles. The zero-order valence-corrected chi connectivity index (χ0v) is 13.6. The van der Waals surface area contributed by atoms with Crippen molar-refractivity contribution in [3.05, 3.63) is 0 Å². The summed E-state index contributed by atoms with van der Waals surface area (Å²) in [6, 6.07) is 0. The largest absolute Gasteiger partial charge is 0.444 e. The van der Waals surface area contributed by atoms with Crippen molar-refractivity contribution in [3.8, 4) is 12.3 Å². The highest BCUT2D eigenvalue weighted by molar-refractivity contribution is 5.67. The van der Waals surface area contributed by atoms with Crippen LogP contribution in [-0.4, -0.2) is 31.3 Å². The summed E-state index contributed by atoms with van der Waals surface area (Å²) in [7, 11) is 0. The van der Waals surface area contributed by atoms with Crippen molar-refractivity contribution in [1.82, 2.24) is 10.6 Å². The van der Waals surface area contributed by atoms with Crippen LogP contribution in [0.4, 0.5) is 4.79 Å². The molecule has 0 aromatic rings. The third-order valence-electron chi connectivity index (χ3n) is 2.93. The fourth-order valence-electron chi connectivity index (χ4n) is 1.68. The molecule has 0 fully saturated rings. The summed E-state index contributed by atoms with van der Waals surface area (Å²) in [4.78, 5) is 11.6. The predicted molar refractivity (Wildman–Crippen MR) is 83.5 cm³/mol. The van der Waals surface area contributed by atoms with Crippen LogP contribution in [0.15, 0.2) is 0 Å². The summed E-state index contributed by atoms with van der Waals surface area (Å²) in [5.74, 6) is 3.50. The van der Waals surface area contributed by atoms with Gasteiger partial charge in [0.15, 0.2) is 0 Å². The molecule has 0 aliphatic heterocycles. The van der Waals surface area contributed by atoms with Gasteiger partial charge in [-0.25, -0.2) is 4.79 Å². The summed E-state index contributed by atoms with van der Waals surface area (Å²) in [5.41, 5.74) is -0.453. The lowest BCUT2D eigenvalue weighted by molar-refractivity contribution is 0.0515. The fraction of sp³-hybridized carbons (Fsp3) is 0.812. The molecule has 0 aliphatic rings. The highest BCUT2D eigenvalue weighted by Crippen LogP contribution is 2.10. The predicted octanol–water partition coefficient (Wildman–Crippen LogP) is 2.79. The van der Waals surface area contributed by atoms with Gasteiger partial charge in [-0.1, -0.05) is 13.8 Å². The van der Waals surface area contributed by atoms with Crippen molar-refractivity contribution in [2.45, 2.75) is 53.1 Å². The van der Waals surface area contributed by atoms with E-state index < -0.39 is 5.60 Å². The van der Waals surface area contributed by atoms with Crippen molar-refractivity contribution in [2.24, 2.45) is 11.8 Å². The van der Waals surface area contributed by atoms with E-state index in [1.807, 2.05) is 20.8 Å². The van der Waals surface area contributed by atoms with Crippen molar-refractivity contribution in [2.75, 3.05) is 19.6 Å². The Kier molecular flexibility index (Phi) is 9.07. The number of hydrogen-bond acceptors (Lipinski definition) is 3. The van der Waals surface area contributed by atoms with E-state index in [0.717, 1.165) is 25.9 Å². The van der Waals surface area contributed by atoms with Crippen LogP contribution >= 0.6 is 0 Å². The molecule has 0 saturated heterocycles. The minimum absolute atomic E-state index is 0.351. The van der Waals surface area contributed by atoms with E-state index in [-0.39, 0.29) is 6.09 Å². The third-order valence-corrected chi connectivity index (χ3v) is 2.93. The maximum atomic E-state index is 11.6. The number of carbonyl (C=O) groups excluding carboxylic acids is 1. The number of hydrogen-bond donors (Lipinski definition) is 2. The number of terminal acetylenes is 1. The summed E-state index contributed by atoms with van der Waals surface area (Å²) in [6.45, 7) is 12.3. The number of amides is 1. The topological polar surface area (TPSA) is 50.4 Å². The Labute approximate surface area is 124 Å². The number of alkyl carbamates (subject to hydrolysis) is 1. The van der Waals surface area contributed by atoms with Crippen LogP contribution in [0.3, 0.4) is 0 Å². The second-order valence-electron chi connectivity index (χ2n) is 6.40. The van der Waals surface area contributed by atoms with Crippen LogP contribution < -0.4 is 10.6 Å². The Morgan fingerprint density at radius 2 is 1.95 bits per heavy atom. The van der Waals surface area contributed by atoms with Gasteiger partial charge in [-0.05, 0) is 52.1 Å². The molecule has 20 heavy (non-hydrogen) atoms. The smallest absolute Gasteiger partial charge is 0.407 e. The maximum absolute atomic E-state index is 11.6. The normalized spacial score (nSPS) is 12.8. The number of carbonyl (C=O) groups is 1. The second-order valence-corrected chi connectivity index (χ2v) is 6.40. The van der Waals surface area contributed by atoms with Gasteiger partial charge in [0.25, 0.3) is 0 Å². The molecule has 1 unspecified atom stereocenters. The van der Waals surface area contributed by atoms with Gasteiger partial charge in [-0.15, -0.1) is 12.3 Å². The van der Waals surface area contributed by atoms with E-state index in [4.69, 9.17) is 11.2 Å².